The summed E-state index contributed by atoms with van der Waals surface area (Å²) < 4.78 is 33.8. The van der Waals surface area contributed by atoms with Crippen LogP contribution in [0.25, 0.3) is 11.1 Å². The first-order chi connectivity index (χ1) is 14.6. The molecule has 1 aliphatic carbocycles. The van der Waals surface area contributed by atoms with Gasteiger partial charge in [-0.15, -0.1) is 0 Å². The van der Waals surface area contributed by atoms with Gasteiger partial charge in [-0.1, -0.05) is 48.6 Å². The number of halogens is 2. The van der Waals surface area contributed by atoms with Crippen molar-refractivity contribution in [3.8, 4) is 16.9 Å². The number of benzene rings is 2. The molecule has 2 aromatic carbocycles. The third-order valence-electron chi connectivity index (χ3n) is 5.96. The number of hydrogen-bond donors (Lipinski definition) is 0. The van der Waals surface area contributed by atoms with Crippen LogP contribution in [-0.2, 0) is 0 Å². The van der Waals surface area contributed by atoms with E-state index in [1.165, 1.54) is 37.3 Å². The molecule has 1 aliphatic rings. The second kappa shape index (κ2) is 11.1. The van der Waals surface area contributed by atoms with Crippen LogP contribution in [0.4, 0.5) is 8.78 Å². The van der Waals surface area contributed by atoms with Crippen molar-refractivity contribution in [2.75, 3.05) is 6.61 Å². The highest BCUT2D eigenvalue weighted by atomic mass is 19.2. The summed E-state index contributed by atoms with van der Waals surface area (Å²) in [7, 11) is 0. The zero-order valence-corrected chi connectivity index (χ0v) is 18.0. The van der Waals surface area contributed by atoms with E-state index in [9.17, 15) is 8.78 Å². The smallest absolute Gasteiger partial charge is 0.201 e. The van der Waals surface area contributed by atoms with Crippen LogP contribution < -0.4 is 4.74 Å². The summed E-state index contributed by atoms with van der Waals surface area (Å²) in [5, 5.41) is 0. The maximum Gasteiger partial charge on any atom is 0.201 e. The Hall–Kier alpha value is -2.42. The predicted molar refractivity (Wildman–Crippen MR) is 121 cm³/mol. The molecule has 1 fully saturated rings. The van der Waals surface area contributed by atoms with Crippen molar-refractivity contribution in [1.82, 2.24) is 0 Å². The van der Waals surface area contributed by atoms with Crippen LogP contribution in [0.1, 0.15) is 63.9 Å². The molecule has 1 saturated carbocycles. The van der Waals surface area contributed by atoms with Gasteiger partial charge in [-0.2, -0.15) is 4.39 Å². The minimum atomic E-state index is -0.921. The van der Waals surface area contributed by atoms with Gasteiger partial charge in [0.1, 0.15) is 0 Å². The van der Waals surface area contributed by atoms with Crippen molar-refractivity contribution in [3.63, 3.8) is 0 Å². The van der Waals surface area contributed by atoms with Crippen molar-refractivity contribution in [3.05, 3.63) is 77.9 Å². The molecule has 0 amide bonds. The molecule has 0 saturated heterocycles. The Morgan fingerprint density at radius 3 is 2.27 bits per heavy atom. The number of hydrogen-bond acceptors (Lipinski definition) is 1. The summed E-state index contributed by atoms with van der Waals surface area (Å²) in [4.78, 5) is 0. The van der Waals surface area contributed by atoms with E-state index >= 15 is 0 Å². The summed E-state index contributed by atoms with van der Waals surface area (Å²) in [6, 6.07) is 11.0. The lowest BCUT2D eigenvalue weighted by atomic mass is 9.78. The fraction of sp³-hybridized carbons (Fsp3) is 0.407. The lowest BCUT2D eigenvalue weighted by Gasteiger charge is -2.27. The molecule has 2 aromatic rings. The molecule has 0 aromatic heterocycles. The molecule has 0 atom stereocenters. The van der Waals surface area contributed by atoms with E-state index in [0.717, 1.165) is 12.8 Å². The van der Waals surface area contributed by atoms with Crippen LogP contribution in [0.5, 0.6) is 5.75 Å². The second-order valence-corrected chi connectivity index (χ2v) is 7.98. The summed E-state index contributed by atoms with van der Waals surface area (Å²) in [6.07, 6.45) is 16.0. The molecule has 0 radical (unpaired) electrons. The van der Waals surface area contributed by atoms with Gasteiger partial charge in [-0.05, 0) is 87.5 Å². The van der Waals surface area contributed by atoms with E-state index in [0.29, 0.717) is 24.0 Å². The zero-order valence-electron chi connectivity index (χ0n) is 18.0. The van der Waals surface area contributed by atoms with E-state index in [4.69, 9.17) is 4.74 Å². The Kier molecular flexibility index (Phi) is 8.24. The van der Waals surface area contributed by atoms with E-state index in [2.05, 4.69) is 43.4 Å². The first-order valence-corrected chi connectivity index (χ1v) is 11.1. The maximum atomic E-state index is 14.5. The summed E-state index contributed by atoms with van der Waals surface area (Å²) in [6.45, 7) is 4.11. The summed E-state index contributed by atoms with van der Waals surface area (Å²) in [5.41, 5.74) is 2.26. The highest BCUT2D eigenvalue weighted by Gasteiger charge is 2.21. The Bertz CT molecular complexity index is 859. The van der Waals surface area contributed by atoms with Gasteiger partial charge >= 0.3 is 0 Å². The van der Waals surface area contributed by atoms with Crippen molar-refractivity contribution in [2.24, 2.45) is 5.92 Å². The summed E-state index contributed by atoms with van der Waals surface area (Å²) in [5.74, 6) is -0.574. The van der Waals surface area contributed by atoms with Gasteiger partial charge < -0.3 is 4.74 Å². The van der Waals surface area contributed by atoms with Gasteiger partial charge in [0.05, 0.1) is 6.61 Å². The van der Waals surface area contributed by atoms with Gasteiger partial charge in [0.15, 0.2) is 11.6 Å². The molecule has 0 heterocycles. The molecule has 3 heteroatoms. The first-order valence-electron chi connectivity index (χ1n) is 11.1. The predicted octanol–water partition coefficient (Wildman–Crippen LogP) is 8.22. The van der Waals surface area contributed by atoms with E-state index in [1.54, 1.807) is 13.0 Å². The largest absolute Gasteiger partial charge is 0.491 e. The van der Waals surface area contributed by atoms with E-state index in [-0.39, 0.29) is 11.3 Å². The minimum Gasteiger partial charge on any atom is -0.491 e. The first kappa shape index (κ1) is 22.3. The standard InChI is InChI=1S/C27H32F2O/c1-3-5-6-7-8-9-20-10-12-21(13-11-20)22-14-16-23(17-15-22)24-18-19-25(30-4-2)27(29)26(24)28/h3,5,8-9,14-21H,4,6-7,10-13H2,1-2H3. The maximum absolute atomic E-state index is 14.5. The normalized spacial score (nSPS) is 19.6. The monoisotopic (exact) mass is 410 g/mol. The Morgan fingerprint density at radius 2 is 1.60 bits per heavy atom. The average molecular weight is 411 g/mol. The molecule has 1 nitrogen and oxygen atoms in total. The topological polar surface area (TPSA) is 9.23 Å². The lowest BCUT2D eigenvalue weighted by molar-refractivity contribution is 0.314. The van der Waals surface area contributed by atoms with Crippen molar-refractivity contribution in [2.45, 2.75) is 58.3 Å². The molecule has 30 heavy (non-hydrogen) atoms. The van der Waals surface area contributed by atoms with Crippen LogP contribution in [0, 0.1) is 17.6 Å². The third-order valence-corrected chi connectivity index (χ3v) is 5.96. The van der Waals surface area contributed by atoms with Gasteiger partial charge in [0, 0.05) is 5.56 Å². The van der Waals surface area contributed by atoms with Crippen LogP contribution >= 0.6 is 0 Å². The quantitative estimate of drug-likeness (QED) is 0.315. The van der Waals surface area contributed by atoms with Gasteiger partial charge in [0.25, 0.3) is 0 Å². The van der Waals surface area contributed by atoms with Crippen molar-refractivity contribution in [1.29, 1.82) is 0 Å². The van der Waals surface area contributed by atoms with E-state index in [1.807, 2.05) is 12.1 Å². The fourth-order valence-corrected chi connectivity index (χ4v) is 4.25. The van der Waals surface area contributed by atoms with Crippen molar-refractivity contribution >= 4 is 0 Å². The van der Waals surface area contributed by atoms with E-state index < -0.39 is 11.6 Å². The fourth-order valence-electron chi connectivity index (χ4n) is 4.25. The highest BCUT2D eigenvalue weighted by Crippen LogP contribution is 2.37. The number of ether oxygens (including phenoxy) is 1. The highest BCUT2D eigenvalue weighted by molar-refractivity contribution is 5.65. The molecule has 0 spiro atoms. The Morgan fingerprint density at radius 1 is 0.900 bits per heavy atom. The second-order valence-electron chi connectivity index (χ2n) is 7.98. The molecule has 0 N–H and O–H groups in total. The molecule has 0 bridgehead atoms. The van der Waals surface area contributed by atoms with Crippen LogP contribution in [0.2, 0.25) is 0 Å². The minimum absolute atomic E-state index is 0.0389. The molecular formula is C27H32F2O. The van der Waals surface area contributed by atoms with Gasteiger partial charge in [-0.25, -0.2) is 4.39 Å². The van der Waals surface area contributed by atoms with Gasteiger partial charge in [0.2, 0.25) is 5.82 Å². The molecule has 0 aliphatic heterocycles. The molecule has 0 unspecified atom stereocenters. The van der Waals surface area contributed by atoms with Gasteiger partial charge in [-0.3, -0.25) is 0 Å². The number of unbranched alkanes of at least 4 members (excludes halogenated alkanes) is 1. The van der Waals surface area contributed by atoms with Crippen LogP contribution in [0.3, 0.4) is 0 Å². The molecule has 3 rings (SSSR count). The number of rotatable bonds is 8. The summed E-state index contributed by atoms with van der Waals surface area (Å²) >= 11 is 0. The van der Waals surface area contributed by atoms with Crippen molar-refractivity contribution < 1.29 is 13.5 Å². The zero-order chi connectivity index (χ0) is 21.3. The molecule has 160 valence electrons. The third kappa shape index (κ3) is 5.59. The van der Waals surface area contributed by atoms with Crippen LogP contribution in [0.15, 0.2) is 60.7 Å². The average Bonchev–Trinajstić information content (AvgIpc) is 2.78. The van der Waals surface area contributed by atoms with Crippen LogP contribution in [-0.4, -0.2) is 6.61 Å². The molecular weight excluding hydrogens is 378 g/mol. The Labute approximate surface area is 179 Å². The SMILES string of the molecule is CC=CCCC=CC1CCC(c2ccc(-c3ccc(OCC)c(F)c3F)cc2)CC1. The number of allylic oxidation sites excluding steroid dienone is 4. The lowest BCUT2D eigenvalue weighted by Crippen LogP contribution is -2.11. The Balaban J connectivity index is 1.60.